The van der Waals surface area contributed by atoms with Gasteiger partial charge in [-0.15, -0.1) is 0 Å². The number of pyridine rings is 1. The number of hydrogen-bond acceptors (Lipinski definition) is 3. The second-order valence-electron chi connectivity index (χ2n) is 5.29. The predicted octanol–water partition coefficient (Wildman–Crippen LogP) is 4.17. The Bertz CT molecular complexity index is 796. The van der Waals surface area contributed by atoms with Crippen LogP contribution in [0.25, 0.3) is 10.9 Å². The number of aryl methyl sites for hydroxylation is 2. The molecule has 0 unspecified atom stereocenters. The number of benzene rings is 2. The van der Waals surface area contributed by atoms with Gasteiger partial charge < -0.3 is 10.4 Å². The molecular formula is C18H18N2O. The van der Waals surface area contributed by atoms with Gasteiger partial charge in [0.1, 0.15) is 5.75 Å². The predicted molar refractivity (Wildman–Crippen MR) is 86.7 cm³/mol. The number of phenols is 1. The monoisotopic (exact) mass is 278 g/mol. The minimum atomic E-state index is 0.295. The summed E-state index contributed by atoms with van der Waals surface area (Å²) in [5.74, 6) is 0.295. The molecule has 0 spiro atoms. The van der Waals surface area contributed by atoms with Crippen LogP contribution in [0.3, 0.4) is 0 Å². The van der Waals surface area contributed by atoms with Crippen molar-refractivity contribution in [2.45, 2.75) is 20.4 Å². The number of fused-ring (bicyclic) bond motifs is 1. The van der Waals surface area contributed by atoms with Crippen LogP contribution in [0, 0.1) is 13.8 Å². The minimum Gasteiger partial charge on any atom is -0.508 e. The van der Waals surface area contributed by atoms with E-state index in [-0.39, 0.29) is 0 Å². The topological polar surface area (TPSA) is 45.1 Å². The Morgan fingerprint density at radius 1 is 1.05 bits per heavy atom. The molecule has 0 amide bonds. The fourth-order valence-electron chi connectivity index (χ4n) is 2.58. The first-order valence-corrected chi connectivity index (χ1v) is 7.02. The minimum absolute atomic E-state index is 0.295. The van der Waals surface area contributed by atoms with Gasteiger partial charge in [0.25, 0.3) is 0 Å². The molecule has 0 aliphatic heterocycles. The van der Waals surface area contributed by atoms with E-state index >= 15 is 0 Å². The van der Waals surface area contributed by atoms with Crippen LogP contribution in [0.5, 0.6) is 5.75 Å². The molecule has 21 heavy (non-hydrogen) atoms. The number of nitrogens with zero attached hydrogens (tertiary/aromatic N) is 1. The highest BCUT2D eigenvalue weighted by Crippen LogP contribution is 2.23. The molecule has 2 N–H and O–H groups in total. The molecule has 3 heteroatoms. The van der Waals surface area contributed by atoms with Crippen molar-refractivity contribution in [1.29, 1.82) is 0 Å². The summed E-state index contributed by atoms with van der Waals surface area (Å²) in [5, 5.41) is 14.1. The lowest BCUT2D eigenvalue weighted by molar-refractivity contribution is 0.475. The smallest absolute Gasteiger partial charge is 0.115 e. The van der Waals surface area contributed by atoms with E-state index < -0.39 is 0 Å². The summed E-state index contributed by atoms with van der Waals surface area (Å²) in [5.41, 5.74) is 5.34. The molecule has 0 saturated heterocycles. The average molecular weight is 278 g/mol. The Morgan fingerprint density at radius 2 is 1.86 bits per heavy atom. The third-order valence-corrected chi connectivity index (χ3v) is 3.61. The number of anilines is 1. The SMILES string of the molecule is Cc1cc(CNc2ccc(O)cc2C)c2ccccc2n1. The van der Waals surface area contributed by atoms with Gasteiger partial charge in [0.05, 0.1) is 5.52 Å². The van der Waals surface area contributed by atoms with Gasteiger partial charge in [-0.2, -0.15) is 0 Å². The van der Waals surface area contributed by atoms with Crippen LogP contribution in [-0.2, 0) is 6.54 Å². The van der Waals surface area contributed by atoms with Crippen molar-refractivity contribution in [1.82, 2.24) is 4.98 Å². The second-order valence-corrected chi connectivity index (χ2v) is 5.29. The van der Waals surface area contributed by atoms with Gasteiger partial charge in [-0.1, -0.05) is 18.2 Å². The molecule has 0 saturated carbocycles. The van der Waals surface area contributed by atoms with E-state index in [1.165, 1.54) is 10.9 Å². The molecule has 106 valence electrons. The molecule has 0 aliphatic carbocycles. The van der Waals surface area contributed by atoms with Crippen molar-refractivity contribution < 1.29 is 5.11 Å². The van der Waals surface area contributed by atoms with E-state index in [0.29, 0.717) is 5.75 Å². The molecule has 2 aromatic carbocycles. The highest BCUT2D eigenvalue weighted by atomic mass is 16.3. The van der Waals surface area contributed by atoms with Crippen molar-refractivity contribution in [3.63, 3.8) is 0 Å². The van der Waals surface area contributed by atoms with Crippen molar-refractivity contribution in [2.75, 3.05) is 5.32 Å². The van der Waals surface area contributed by atoms with E-state index in [1.54, 1.807) is 12.1 Å². The van der Waals surface area contributed by atoms with Crippen LogP contribution in [0.4, 0.5) is 5.69 Å². The van der Waals surface area contributed by atoms with Gasteiger partial charge in [0.2, 0.25) is 0 Å². The maximum atomic E-state index is 9.46. The fraction of sp³-hybridized carbons (Fsp3) is 0.167. The maximum Gasteiger partial charge on any atom is 0.115 e. The summed E-state index contributed by atoms with van der Waals surface area (Å²) in [6.07, 6.45) is 0. The number of aromatic hydroxyl groups is 1. The molecule has 3 rings (SSSR count). The summed E-state index contributed by atoms with van der Waals surface area (Å²) in [7, 11) is 0. The lowest BCUT2D eigenvalue weighted by atomic mass is 10.1. The van der Waals surface area contributed by atoms with E-state index in [9.17, 15) is 5.11 Å². The van der Waals surface area contributed by atoms with E-state index in [0.717, 1.165) is 29.0 Å². The normalized spacial score (nSPS) is 10.8. The zero-order valence-electron chi connectivity index (χ0n) is 12.2. The third-order valence-electron chi connectivity index (χ3n) is 3.61. The standard InChI is InChI=1S/C18H18N2O/c1-12-9-15(21)7-8-17(12)19-11-14-10-13(2)20-18-6-4-3-5-16(14)18/h3-10,19,21H,11H2,1-2H3. The highest BCUT2D eigenvalue weighted by molar-refractivity contribution is 5.82. The number of nitrogens with one attached hydrogen (secondary N) is 1. The zero-order chi connectivity index (χ0) is 14.8. The van der Waals surface area contributed by atoms with E-state index in [4.69, 9.17) is 0 Å². The number of phenolic OH excluding ortho intramolecular Hbond substituents is 1. The van der Waals surface area contributed by atoms with Crippen LogP contribution < -0.4 is 5.32 Å². The lowest BCUT2D eigenvalue weighted by Gasteiger charge is -2.12. The lowest BCUT2D eigenvalue weighted by Crippen LogP contribution is -2.02. The largest absolute Gasteiger partial charge is 0.508 e. The first kappa shape index (κ1) is 13.4. The molecule has 3 aromatic rings. The summed E-state index contributed by atoms with van der Waals surface area (Å²) >= 11 is 0. The first-order valence-electron chi connectivity index (χ1n) is 7.02. The third kappa shape index (κ3) is 2.82. The maximum absolute atomic E-state index is 9.46. The Kier molecular flexibility index (Phi) is 3.48. The van der Waals surface area contributed by atoms with Crippen LogP contribution in [0.1, 0.15) is 16.8 Å². The molecule has 1 heterocycles. The van der Waals surface area contributed by atoms with Gasteiger partial charge in [0, 0.05) is 23.3 Å². The van der Waals surface area contributed by atoms with Crippen molar-refractivity contribution in [3.05, 3.63) is 65.4 Å². The van der Waals surface area contributed by atoms with Crippen LogP contribution in [0.15, 0.2) is 48.5 Å². The Labute approximate surface area is 124 Å². The van der Waals surface area contributed by atoms with Gasteiger partial charge in [-0.05, 0) is 55.3 Å². The number of para-hydroxylation sites is 1. The van der Waals surface area contributed by atoms with Gasteiger partial charge in [-0.25, -0.2) is 0 Å². The van der Waals surface area contributed by atoms with Crippen molar-refractivity contribution in [3.8, 4) is 5.75 Å². The highest BCUT2D eigenvalue weighted by Gasteiger charge is 2.05. The van der Waals surface area contributed by atoms with Gasteiger partial charge in [-0.3, -0.25) is 4.98 Å². The van der Waals surface area contributed by atoms with Crippen molar-refractivity contribution in [2.24, 2.45) is 0 Å². The van der Waals surface area contributed by atoms with E-state index in [2.05, 4.69) is 22.4 Å². The van der Waals surface area contributed by atoms with Crippen LogP contribution >= 0.6 is 0 Å². The first-order chi connectivity index (χ1) is 10.1. The molecule has 3 nitrogen and oxygen atoms in total. The second kappa shape index (κ2) is 5.44. The summed E-state index contributed by atoms with van der Waals surface area (Å²) < 4.78 is 0. The van der Waals surface area contributed by atoms with Gasteiger partial charge in [0.15, 0.2) is 0 Å². The summed E-state index contributed by atoms with van der Waals surface area (Å²) in [6.45, 7) is 4.73. The van der Waals surface area contributed by atoms with Crippen molar-refractivity contribution >= 4 is 16.6 Å². The Balaban J connectivity index is 1.91. The Morgan fingerprint density at radius 3 is 2.67 bits per heavy atom. The number of hydrogen-bond donors (Lipinski definition) is 2. The van der Waals surface area contributed by atoms with Crippen LogP contribution in [0.2, 0.25) is 0 Å². The quantitative estimate of drug-likeness (QED) is 0.707. The summed E-state index contributed by atoms with van der Waals surface area (Å²) in [4.78, 5) is 4.56. The average Bonchev–Trinajstić information content (AvgIpc) is 2.46. The molecule has 0 radical (unpaired) electrons. The Hall–Kier alpha value is -2.55. The fourth-order valence-corrected chi connectivity index (χ4v) is 2.58. The molecular weight excluding hydrogens is 260 g/mol. The zero-order valence-corrected chi connectivity index (χ0v) is 12.2. The molecule has 0 bridgehead atoms. The molecule has 0 fully saturated rings. The van der Waals surface area contributed by atoms with Gasteiger partial charge >= 0.3 is 0 Å². The number of rotatable bonds is 3. The molecule has 0 atom stereocenters. The molecule has 1 aromatic heterocycles. The summed E-state index contributed by atoms with van der Waals surface area (Å²) in [6, 6.07) is 15.7. The number of aromatic nitrogens is 1. The van der Waals surface area contributed by atoms with E-state index in [1.807, 2.05) is 38.1 Å². The van der Waals surface area contributed by atoms with Crippen LogP contribution in [-0.4, -0.2) is 10.1 Å². The molecule has 0 aliphatic rings.